The fourth-order valence-corrected chi connectivity index (χ4v) is 2.59. The van der Waals surface area contributed by atoms with Crippen LogP contribution in [0.2, 0.25) is 5.15 Å². The van der Waals surface area contributed by atoms with Crippen molar-refractivity contribution in [1.29, 1.82) is 0 Å². The van der Waals surface area contributed by atoms with Crippen LogP contribution >= 0.6 is 11.6 Å². The van der Waals surface area contributed by atoms with Crippen LogP contribution in [0.1, 0.15) is 12.1 Å². The molecular formula is C9H9ClFN3O3S. The summed E-state index contributed by atoms with van der Waals surface area (Å²) in [6.07, 6.45) is -0.409. The van der Waals surface area contributed by atoms with Crippen molar-refractivity contribution in [2.75, 3.05) is 11.4 Å². The van der Waals surface area contributed by atoms with Gasteiger partial charge in [-0.15, -0.1) is 3.89 Å². The smallest absolute Gasteiger partial charge is 0.279 e. The van der Waals surface area contributed by atoms with Gasteiger partial charge in [0, 0.05) is 18.7 Å². The predicted molar refractivity (Wildman–Crippen MR) is 62.6 cm³/mol. The molecular weight excluding hydrogens is 285 g/mol. The van der Waals surface area contributed by atoms with Crippen molar-refractivity contribution in [1.82, 2.24) is 9.97 Å². The minimum atomic E-state index is -4.75. The van der Waals surface area contributed by atoms with Crippen LogP contribution in [0, 0.1) is 6.92 Å². The van der Waals surface area contributed by atoms with E-state index in [1.165, 1.54) is 6.07 Å². The maximum atomic E-state index is 12.8. The van der Waals surface area contributed by atoms with Crippen molar-refractivity contribution in [3.63, 3.8) is 0 Å². The van der Waals surface area contributed by atoms with E-state index < -0.39 is 27.8 Å². The molecule has 1 saturated heterocycles. The van der Waals surface area contributed by atoms with E-state index in [0.29, 0.717) is 5.69 Å². The number of carbonyl (C=O) groups excluding carboxylic acids is 1. The normalized spacial score (nSPS) is 20.5. The van der Waals surface area contributed by atoms with Crippen LogP contribution in [0.15, 0.2) is 6.07 Å². The average molecular weight is 294 g/mol. The highest BCUT2D eigenvalue weighted by Gasteiger charge is 2.40. The third-order valence-electron chi connectivity index (χ3n) is 2.54. The molecule has 1 amide bonds. The maximum absolute atomic E-state index is 12.8. The second-order valence-electron chi connectivity index (χ2n) is 3.94. The Bertz CT molecular complexity index is 587. The molecule has 1 aliphatic heterocycles. The van der Waals surface area contributed by atoms with Gasteiger partial charge in [-0.1, -0.05) is 11.6 Å². The average Bonchev–Trinajstić information content (AvgIpc) is 2.58. The summed E-state index contributed by atoms with van der Waals surface area (Å²) in [5, 5.41) is -1.23. The lowest BCUT2D eigenvalue weighted by Crippen LogP contribution is -2.28. The topological polar surface area (TPSA) is 80.2 Å². The molecule has 98 valence electrons. The molecule has 1 aromatic heterocycles. The number of halogens is 2. The van der Waals surface area contributed by atoms with Gasteiger partial charge in [0.2, 0.25) is 11.9 Å². The highest BCUT2D eigenvalue weighted by Crippen LogP contribution is 2.24. The van der Waals surface area contributed by atoms with Crippen LogP contribution < -0.4 is 4.90 Å². The van der Waals surface area contributed by atoms with Gasteiger partial charge in [-0.05, 0) is 13.0 Å². The summed E-state index contributed by atoms with van der Waals surface area (Å²) in [6.45, 7) is 1.36. The zero-order valence-electron chi connectivity index (χ0n) is 9.30. The second kappa shape index (κ2) is 4.43. The van der Waals surface area contributed by atoms with Crippen LogP contribution in [0.3, 0.4) is 0 Å². The summed E-state index contributed by atoms with van der Waals surface area (Å²) in [6, 6.07) is 1.50. The van der Waals surface area contributed by atoms with Crippen molar-refractivity contribution < 1.29 is 17.1 Å². The van der Waals surface area contributed by atoms with Crippen LogP contribution in [0.25, 0.3) is 0 Å². The molecule has 1 aliphatic rings. The highest BCUT2D eigenvalue weighted by molar-refractivity contribution is 7.87. The van der Waals surface area contributed by atoms with Crippen LogP contribution in [-0.4, -0.2) is 36.1 Å². The van der Waals surface area contributed by atoms with Crippen molar-refractivity contribution in [3.05, 3.63) is 16.9 Å². The number of aromatic nitrogens is 2. The quantitative estimate of drug-likeness (QED) is 0.596. The van der Waals surface area contributed by atoms with Gasteiger partial charge in [0.1, 0.15) is 10.4 Å². The Morgan fingerprint density at radius 2 is 2.17 bits per heavy atom. The number of aryl methyl sites for hydroxylation is 1. The maximum Gasteiger partial charge on any atom is 0.307 e. The van der Waals surface area contributed by atoms with Gasteiger partial charge in [0.15, 0.2) is 0 Å². The first-order valence-electron chi connectivity index (χ1n) is 5.02. The Labute approximate surface area is 108 Å². The lowest BCUT2D eigenvalue weighted by atomic mass is 10.4. The monoisotopic (exact) mass is 293 g/mol. The van der Waals surface area contributed by atoms with Gasteiger partial charge in [0.25, 0.3) is 0 Å². The molecule has 0 bridgehead atoms. The van der Waals surface area contributed by atoms with E-state index in [0.717, 1.165) is 4.90 Å². The van der Waals surface area contributed by atoms with Gasteiger partial charge in [-0.25, -0.2) is 9.97 Å². The minimum Gasteiger partial charge on any atom is -0.279 e. The Morgan fingerprint density at radius 3 is 2.67 bits per heavy atom. The Balaban J connectivity index is 2.32. The fourth-order valence-electron chi connectivity index (χ4n) is 1.69. The summed E-state index contributed by atoms with van der Waals surface area (Å²) in [4.78, 5) is 20.5. The summed E-state index contributed by atoms with van der Waals surface area (Å²) < 4.78 is 34.4. The number of amides is 1. The molecule has 0 radical (unpaired) electrons. The van der Waals surface area contributed by atoms with E-state index in [1.54, 1.807) is 6.92 Å². The molecule has 0 aliphatic carbocycles. The lowest BCUT2D eigenvalue weighted by molar-refractivity contribution is -0.117. The molecule has 1 aromatic rings. The third kappa shape index (κ3) is 2.59. The highest BCUT2D eigenvalue weighted by atomic mass is 35.5. The zero-order valence-corrected chi connectivity index (χ0v) is 10.9. The van der Waals surface area contributed by atoms with Crippen LogP contribution in [0.5, 0.6) is 0 Å². The molecule has 0 N–H and O–H groups in total. The molecule has 2 rings (SSSR count). The molecule has 1 fully saturated rings. The molecule has 18 heavy (non-hydrogen) atoms. The van der Waals surface area contributed by atoms with E-state index >= 15 is 0 Å². The van der Waals surface area contributed by atoms with Crippen molar-refractivity contribution >= 4 is 33.7 Å². The molecule has 9 heteroatoms. The number of nitrogens with zero attached hydrogens (tertiary/aromatic N) is 3. The summed E-state index contributed by atoms with van der Waals surface area (Å²) in [5.74, 6) is -0.543. The first-order chi connectivity index (χ1) is 8.27. The predicted octanol–water partition coefficient (Wildman–Crippen LogP) is 0.843. The largest absolute Gasteiger partial charge is 0.307 e. The number of anilines is 1. The molecule has 0 aromatic carbocycles. The van der Waals surface area contributed by atoms with Crippen molar-refractivity contribution in [2.24, 2.45) is 0 Å². The number of carbonyl (C=O) groups is 1. The molecule has 0 spiro atoms. The third-order valence-corrected chi connectivity index (χ3v) is 3.85. The summed E-state index contributed by atoms with van der Waals surface area (Å²) >= 11 is 5.72. The minimum absolute atomic E-state index is 0.00356. The molecule has 1 atom stereocenters. The van der Waals surface area contributed by atoms with E-state index in [4.69, 9.17) is 11.6 Å². The van der Waals surface area contributed by atoms with E-state index in [9.17, 15) is 17.1 Å². The van der Waals surface area contributed by atoms with Gasteiger partial charge < -0.3 is 0 Å². The Kier molecular flexibility index (Phi) is 3.24. The lowest BCUT2D eigenvalue weighted by Gasteiger charge is -2.14. The van der Waals surface area contributed by atoms with Gasteiger partial charge >= 0.3 is 10.2 Å². The number of hydrogen-bond acceptors (Lipinski definition) is 5. The van der Waals surface area contributed by atoms with E-state index in [-0.39, 0.29) is 17.6 Å². The van der Waals surface area contributed by atoms with E-state index in [1.807, 2.05) is 0 Å². The number of rotatable bonds is 2. The molecule has 2 heterocycles. The Hall–Kier alpha value is -1.28. The van der Waals surface area contributed by atoms with Crippen LogP contribution in [0.4, 0.5) is 9.83 Å². The Morgan fingerprint density at radius 1 is 1.50 bits per heavy atom. The first-order valence-corrected chi connectivity index (χ1v) is 6.85. The second-order valence-corrected chi connectivity index (χ2v) is 5.94. The van der Waals surface area contributed by atoms with E-state index in [2.05, 4.69) is 9.97 Å². The molecule has 1 unspecified atom stereocenters. The molecule has 0 saturated carbocycles. The summed E-state index contributed by atoms with van der Waals surface area (Å²) in [7, 11) is -4.75. The SMILES string of the molecule is Cc1cc(Cl)nc(N2CC(S(=O)(=O)F)CC2=O)n1. The first kappa shape index (κ1) is 13.2. The van der Waals surface area contributed by atoms with Crippen molar-refractivity contribution in [3.8, 4) is 0 Å². The van der Waals surface area contributed by atoms with Crippen molar-refractivity contribution in [2.45, 2.75) is 18.6 Å². The van der Waals surface area contributed by atoms with Gasteiger partial charge in [-0.2, -0.15) is 8.42 Å². The number of hydrogen-bond donors (Lipinski definition) is 0. The fraction of sp³-hybridized carbons (Fsp3) is 0.444. The molecule has 6 nitrogen and oxygen atoms in total. The summed E-state index contributed by atoms with van der Waals surface area (Å²) in [5.41, 5.74) is 0.532. The van der Waals surface area contributed by atoms with Gasteiger partial charge in [0.05, 0.1) is 0 Å². The zero-order chi connectivity index (χ0) is 13.5. The van der Waals surface area contributed by atoms with Crippen LogP contribution in [-0.2, 0) is 15.0 Å². The standard InChI is InChI=1S/C9H9ClFN3O3S/c1-5-2-7(10)13-9(12-5)14-4-6(3-8(14)15)18(11,16)17/h2,6H,3-4H2,1H3. The van der Waals surface area contributed by atoms with Gasteiger partial charge in [-0.3, -0.25) is 9.69 Å².